The minimum Gasteiger partial charge on any atom is -0.494 e. The molecule has 5 nitrogen and oxygen atoms in total. The van der Waals surface area contributed by atoms with Gasteiger partial charge in [-0.05, 0) is 36.6 Å². The molecule has 1 atom stereocenters. The highest BCUT2D eigenvalue weighted by molar-refractivity contribution is 7.98. The van der Waals surface area contributed by atoms with Crippen molar-refractivity contribution in [2.75, 3.05) is 19.1 Å². The third-order valence-corrected chi connectivity index (χ3v) is 3.45. The van der Waals surface area contributed by atoms with Crippen LogP contribution in [0.1, 0.15) is 18.4 Å². The van der Waals surface area contributed by atoms with E-state index in [0.717, 1.165) is 12.2 Å². The standard InChI is InChI=1S/C13H16FN3O2S/c1-18-11-7-8(3-4-9(11)14)12-16-13(19-17-12)10(15)5-6-20-2/h3-4,7,10H,5-6,15H2,1-2H3. The second-order valence-electron chi connectivity index (χ2n) is 4.19. The number of rotatable bonds is 6. The predicted octanol–water partition coefficient (Wildman–Crippen LogP) is 2.64. The zero-order valence-electron chi connectivity index (χ0n) is 11.3. The molecule has 2 N–H and O–H groups in total. The van der Waals surface area contributed by atoms with Crippen molar-refractivity contribution in [2.45, 2.75) is 12.5 Å². The highest BCUT2D eigenvalue weighted by atomic mass is 32.2. The Bertz CT molecular complexity index is 576. The molecule has 0 spiro atoms. The third kappa shape index (κ3) is 3.29. The van der Waals surface area contributed by atoms with Gasteiger partial charge in [0.15, 0.2) is 11.6 Å². The van der Waals surface area contributed by atoms with Crippen LogP contribution in [0.4, 0.5) is 4.39 Å². The molecule has 0 saturated carbocycles. The molecule has 0 bridgehead atoms. The molecule has 108 valence electrons. The van der Waals surface area contributed by atoms with Crippen molar-refractivity contribution in [3.05, 3.63) is 29.9 Å². The Morgan fingerprint density at radius 1 is 1.50 bits per heavy atom. The van der Waals surface area contributed by atoms with Gasteiger partial charge >= 0.3 is 0 Å². The zero-order valence-corrected chi connectivity index (χ0v) is 12.1. The molecule has 1 aromatic carbocycles. The molecule has 2 aromatic rings. The maximum atomic E-state index is 13.3. The maximum absolute atomic E-state index is 13.3. The average Bonchev–Trinajstić information content (AvgIpc) is 2.95. The van der Waals surface area contributed by atoms with E-state index in [1.165, 1.54) is 19.2 Å². The lowest BCUT2D eigenvalue weighted by molar-refractivity contribution is 0.353. The van der Waals surface area contributed by atoms with Crippen LogP contribution in [-0.2, 0) is 0 Å². The van der Waals surface area contributed by atoms with Gasteiger partial charge in [0.25, 0.3) is 0 Å². The number of thioether (sulfide) groups is 1. The van der Waals surface area contributed by atoms with E-state index < -0.39 is 5.82 Å². The lowest BCUT2D eigenvalue weighted by Crippen LogP contribution is -2.11. The summed E-state index contributed by atoms with van der Waals surface area (Å²) in [6.45, 7) is 0. The highest BCUT2D eigenvalue weighted by Gasteiger charge is 2.16. The van der Waals surface area contributed by atoms with Crippen molar-refractivity contribution >= 4 is 11.8 Å². The topological polar surface area (TPSA) is 74.2 Å². The number of methoxy groups -OCH3 is 1. The molecule has 2 rings (SSSR count). The first-order valence-electron chi connectivity index (χ1n) is 6.07. The maximum Gasteiger partial charge on any atom is 0.243 e. The number of nitrogens with two attached hydrogens (primary N) is 1. The van der Waals surface area contributed by atoms with Crippen LogP contribution in [-0.4, -0.2) is 29.3 Å². The first kappa shape index (κ1) is 14.8. The minimum atomic E-state index is -0.434. The fourth-order valence-electron chi connectivity index (χ4n) is 1.67. The Balaban J connectivity index is 2.20. The number of halogens is 1. The fourth-order valence-corrected chi connectivity index (χ4v) is 2.16. The molecular formula is C13H16FN3O2S. The van der Waals surface area contributed by atoms with E-state index in [2.05, 4.69) is 10.1 Å². The van der Waals surface area contributed by atoms with E-state index in [0.29, 0.717) is 17.3 Å². The Kier molecular flexibility index (Phi) is 4.97. The number of ether oxygens (including phenoxy) is 1. The number of benzene rings is 1. The molecule has 20 heavy (non-hydrogen) atoms. The van der Waals surface area contributed by atoms with E-state index in [4.69, 9.17) is 15.0 Å². The summed E-state index contributed by atoms with van der Waals surface area (Å²) >= 11 is 1.71. The molecule has 0 aliphatic rings. The Hall–Kier alpha value is -1.60. The van der Waals surface area contributed by atoms with E-state index >= 15 is 0 Å². The summed E-state index contributed by atoms with van der Waals surface area (Å²) < 4.78 is 23.4. The summed E-state index contributed by atoms with van der Waals surface area (Å²) in [5, 5.41) is 3.87. The number of nitrogens with zero attached hydrogens (tertiary/aromatic N) is 2. The quantitative estimate of drug-likeness (QED) is 0.883. The molecule has 0 fully saturated rings. The van der Waals surface area contributed by atoms with Crippen molar-refractivity contribution in [1.29, 1.82) is 0 Å². The van der Waals surface area contributed by atoms with Crippen LogP contribution in [0.25, 0.3) is 11.4 Å². The second kappa shape index (κ2) is 6.71. The van der Waals surface area contributed by atoms with Crippen LogP contribution >= 0.6 is 11.8 Å². The Labute approximate surface area is 120 Å². The van der Waals surface area contributed by atoms with Crippen LogP contribution in [0.15, 0.2) is 22.7 Å². The zero-order chi connectivity index (χ0) is 14.5. The minimum absolute atomic E-state index is 0.139. The van der Waals surface area contributed by atoms with E-state index in [-0.39, 0.29) is 11.8 Å². The summed E-state index contributed by atoms with van der Waals surface area (Å²) in [6, 6.07) is 4.11. The molecule has 1 heterocycles. The van der Waals surface area contributed by atoms with Crippen LogP contribution in [0.3, 0.4) is 0 Å². The van der Waals surface area contributed by atoms with Gasteiger partial charge in [0.05, 0.1) is 13.2 Å². The predicted molar refractivity (Wildman–Crippen MR) is 76.2 cm³/mol. The van der Waals surface area contributed by atoms with Crippen molar-refractivity contribution in [1.82, 2.24) is 10.1 Å². The van der Waals surface area contributed by atoms with Crippen LogP contribution in [0.5, 0.6) is 5.75 Å². The SMILES string of the molecule is COc1cc(-c2noc(C(N)CCSC)n2)ccc1F. The summed E-state index contributed by atoms with van der Waals surface area (Å²) in [5.41, 5.74) is 6.58. The monoisotopic (exact) mass is 297 g/mol. The smallest absolute Gasteiger partial charge is 0.243 e. The van der Waals surface area contributed by atoms with Crippen LogP contribution < -0.4 is 10.5 Å². The summed E-state index contributed by atoms with van der Waals surface area (Å²) in [4.78, 5) is 4.25. The van der Waals surface area contributed by atoms with Gasteiger partial charge in [0.1, 0.15) is 0 Å². The molecule has 0 saturated heterocycles. The Morgan fingerprint density at radius 2 is 2.30 bits per heavy atom. The Morgan fingerprint density at radius 3 is 3.00 bits per heavy atom. The van der Waals surface area contributed by atoms with Crippen molar-refractivity contribution < 1.29 is 13.7 Å². The number of aromatic nitrogens is 2. The molecule has 0 aliphatic carbocycles. The van der Waals surface area contributed by atoms with Crippen molar-refractivity contribution in [3.63, 3.8) is 0 Å². The van der Waals surface area contributed by atoms with Crippen molar-refractivity contribution in [3.8, 4) is 17.1 Å². The van der Waals surface area contributed by atoms with Gasteiger partial charge in [-0.3, -0.25) is 0 Å². The lowest BCUT2D eigenvalue weighted by Gasteiger charge is -2.04. The first-order valence-corrected chi connectivity index (χ1v) is 7.47. The van der Waals surface area contributed by atoms with E-state index in [1.807, 2.05) is 6.26 Å². The van der Waals surface area contributed by atoms with Gasteiger partial charge in [-0.15, -0.1) is 0 Å². The number of hydrogen-bond acceptors (Lipinski definition) is 6. The molecule has 7 heteroatoms. The summed E-state index contributed by atoms with van der Waals surface area (Å²) in [5.74, 6) is 1.39. The molecule has 1 unspecified atom stereocenters. The van der Waals surface area contributed by atoms with Gasteiger partial charge in [0, 0.05) is 5.56 Å². The molecule has 0 amide bonds. The largest absolute Gasteiger partial charge is 0.494 e. The second-order valence-corrected chi connectivity index (χ2v) is 5.18. The number of hydrogen-bond donors (Lipinski definition) is 1. The van der Waals surface area contributed by atoms with E-state index in [9.17, 15) is 4.39 Å². The van der Waals surface area contributed by atoms with Gasteiger partial charge < -0.3 is 15.0 Å². The third-order valence-electron chi connectivity index (χ3n) is 2.80. The summed E-state index contributed by atoms with van der Waals surface area (Å²) in [6.07, 6.45) is 2.77. The normalized spacial score (nSPS) is 12.4. The molecule has 1 aromatic heterocycles. The van der Waals surface area contributed by atoms with Gasteiger partial charge in [-0.25, -0.2) is 4.39 Å². The van der Waals surface area contributed by atoms with Crippen LogP contribution in [0.2, 0.25) is 0 Å². The summed E-state index contributed by atoms with van der Waals surface area (Å²) in [7, 11) is 1.40. The first-order chi connectivity index (χ1) is 9.65. The molecule has 0 aliphatic heterocycles. The molecular weight excluding hydrogens is 281 g/mol. The average molecular weight is 297 g/mol. The highest BCUT2D eigenvalue weighted by Crippen LogP contribution is 2.25. The van der Waals surface area contributed by atoms with Crippen molar-refractivity contribution in [2.24, 2.45) is 5.73 Å². The van der Waals surface area contributed by atoms with Gasteiger partial charge in [-0.1, -0.05) is 5.16 Å². The molecule has 0 radical (unpaired) electrons. The van der Waals surface area contributed by atoms with Gasteiger partial charge in [-0.2, -0.15) is 16.7 Å². The van der Waals surface area contributed by atoms with Crippen LogP contribution in [0, 0.1) is 5.82 Å². The fraction of sp³-hybridized carbons (Fsp3) is 0.385. The van der Waals surface area contributed by atoms with E-state index in [1.54, 1.807) is 17.8 Å². The van der Waals surface area contributed by atoms with Gasteiger partial charge in [0.2, 0.25) is 11.7 Å². The lowest BCUT2D eigenvalue weighted by atomic mass is 10.2.